The van der Waals surface area contributed by atoms with Gasteiger partial charge in [0, 0.05) is 20.2 Å². The highest BCUT2D eigenvalue weighted by Crippen LogP contribution is 2.31. The molecular formula is C22H25NO4. The Hall–Kier alpha value is -2.63. The van der Waals surface area contributed by atoms with E-state index in [0.29, 0.717) is 31.0 Å². The summed E-state index contributed by atoms with van der Waals surface area (Å²) in [6.45, 7) is 7.74. The Balaban J connectivity index is 1.91. The molecule has 0 aliphatic carbocycles. The summed E-state index contributed by atoms with van der Waals surface area (Å²) in [4.78, 5) is 15.0. The molecule has 2 aromatic rings. The number of fused-ring (bicyclic) bond motifs is 1. The van der Waals surface area contributed by atoms with Crippen molar-refractivity contribution in [3.63, 3.8) is 0 Å². The van der Waals surface area contributed by atoms with E-state index in [1.165, 1.54) is 11.1 Å². The van der Waals surface area contributed by atoms with Gasteiger partial charge in [-0.15, -0.1) is 0 Å². The molecule has 1 aliphatic heterocycles. The molecule has 0 fully saturated rings. The molecule has 5 heteroatoms. The second-order valence-electron chi connectivity index (χ2n) is 6.67. The highest BCUT2D eigenvalue weighted by atomic mass is 16.7. The number of nitrogens with zero attached hydrogens (tertiary/aromatic N) is 1. The van der Waals surface area contributed by atoms with Crippen LogP contribution in [0.15, 0.2) is 43.0 Å². The van der Waals surface area contributed by atoms with Gasteiger partial charge in [0.05, 0.1) is 19.3 Å². The van der Waals surface area contributed by atoms with E-state index < -0.39 is 0 Å². The van der Waals surface area contributed by atoms with Crippen LogP contribution in [0.1, 0.15) is 39.5 Å². The average molecular weight is 367 g/mol. The van der Waals surface area contributed by atoms with Crippen LogP contribution in [-0.2, 0) is 29.2 Å². The number of benzene rings is 2. The Kier molecular flexibility index (Phi) is 5.94. The van der Waals surface area contributed by atoms with Crippen LogP contribution in [0.3, 0.4) is 0 Å². The maximum atomic E-state index is 13.2. The van der Waals surface area contributed by atoms with Crippen LogP contribution in [0.2, 0.25) is 0 Å². The number of methoxy groups -OCH3 is 2. The van der Waals surface area contributed by atoms with Crippen molar-refractivity contribution in [3.05, 3.63) is 70.8 Å². The summed E-state index contributed by atoms with van der Waals surface area (Å²) in [7, 11) is 3.15. The number of carbonyl (C=O) groups excluding carboxylic acids is 1. The van der Waals surface area contributed by atoms with E-state index in [1.807, 2.05) is 36.1 Å². The predicted octanol–water partition coefficient (Wildman–Crippen LogP) is 4.00. The van der Waals surface area contributed by atoms with E-state index in [2.05, 4.69) is 18.7 Å². The molecule has 1 aliphatic rings. The zero-order valence-corrected chi connectivity index (χ0v) is 16.1. The number of allylic oxidation sites excluding steroid dienone is 1. The fraction of sp³-hybridized carbons (Fsp3) is 0.318. The number of carbonyl (C=O) groups is 1. The molecule has 0 radical (unpaired) electrons. The van der Waals surface area contributed by atoms with Gasteiger partial charge in [-0.3, -0.25) is 4.79 Å². The van der Waals surface area contributed by atoms with Gasteiger partial charge >= 0.3 is 0 Å². The quantitative estimate of drug-likeness (QED) is 0.548. The van der Waals surface area contributed by atoms with Crippen molar-refractivity contribution in [1.29, 1.82) is 0 Å². The van der Waals surface area contributed by atoms with Gasteiger partial charge in [0.25, 0.3) is 5.91 Å². The van der Waals surface area contributed by atoms with Gasteiger partial charge in [0.2, 0.25) is 0 Å². The van der Waals surface area contributed by atoms with Crippen molar-refractivity contribution in [2.45, 2.75) is 26.6 Å². The molecule has 5 nitrogen and oxygen atoms in total. The number of hydrogen-bond donors (Lipinski definition) is 0. The Bertz CT molecular complexity index is 834. The second-order valence-corrected chi connectivity index (χ2v) is 6.67. The Labute approximate surface area is 160 Å². The zero-order chi connectivity index (χ0) is 19.4. The van der Waals surface area contributed by atoms with Gasteiger partial charge in [-0.25, -0.2) is 0 Å². The van der Waals surface area contributed by atoms with Crippen LogP contribution in [0.25, 0.3) is 5.57 Å². The summed E-state index contributed by atoms with van der Waals surface area (Å²) in [5.41, 5.74) is 5.60. The molecule has 1 amide bonds. The van der Waals surface area contributed by atoms with Crippen molar-refractivity contribution in [3.8, 4) is 5.75 Å². The van der Waals surface area contributed by atoms with Gasteiger partial charge in [-0.2, -0.15) is 0 Å². The van der Waals surface area contributed by atoms with E-state index >= 15 is 0 Å². The van der Waals surface area contributed by atoms with E-state index in [9.17, 15) is 4.79 Å². The fourth-order valence-corrected chi connectivity index (χ4v) is 3.36. The molecular weight excluding hydrogens is 342 g/mol. The molecule has 0 bridgehead atoms. The van der Waals surface area contributed by atoms with Crippen LogP contribution < -0.4 is 4.74 Å². The zero-order valence-electron chi connectivity index (χ0n) is 16.1. The Morgan fingerprint density at radius 2 is 1.78 bits per heavy atom. The lowest BCUT2D eigenvalue weighted by molar-refractivity contribution is -0.0391. The summed E-state index contributed by atoms with van der Waals surface area (Å²) in [6.07, 6.45) is 0. The molecule has 0 saturated heterocycles. The van der Waals surface area contributed by atoms with Crippen LogP contribution >= 0.6 is 0 Å². The SMILES string of the molecule is C=C(C)c1cc(C(=O)N2Cc3ccccc3C2)c(OC)cc1COCOC. The number of ether oxygens (including phenoxy) is 3. The van der Waals surface area contributed by atoms with Crippen LogP contribution in [-0.4, -0.2) is 31.8 Å². The molecule has 27 heavy (non-hydrogen) atoms. The minimum atomic E-state index is -0.0464. The van der Waals surface area contributed by atoms with Crippen molar-refractivity contribution in [2.75, 3.05) is 21.0 Å². The van der Waals surface area contributed by atoms with E-state index in [-0.39, 0.29) is 12.7 Å². The Morgan fingerprint density at radius 1 is 1.11 bits per heavy atom. The van der Waals surface area contributed by atoms with Gasteiger partial charge in [0.15, 0.2) is 0 Å². The summed E-state index contributed by atoms with van der Waals surface area (Å²) >= 11 is 0. The van der Waals surface area contributed by atoms with E-state index in [0.717, 1.165) is 16.7 Å². The van der Waals surface area contributed by atoms with Crippen molar-refractivity contribution < 1.29 is 19.0 Å². The van der Waals surface area contributed by atoms with Gasteiger partial charge in [0.1, 0.15) is 12.5 Å². The first-order valence-electron chi connectivity index (χ1n) is 8.84. The minimum Gasteiger partial charge on any atom is -0.496 e. The monoisotopic (exact) mass is 367 g/mol. The van der Waals surface area contributed by atoms with E-state index in [4.69, 9.17) is 14.2 Å². The average Bonchev–Trinajstić information content (AvgIpc) is 3.11. The molecule has 0 aromatic heterocycles. The first-order chi connectivity index (χ1) is 13.0. The van der Waals surface area contributed by atoms with Crippen molar-refractivity contribution in [2.24, 2.45) is 0 Å². The topological polar surface area (TPSA) is 48.0 Å². The lowest BCUT2D eigenvalue weighted by Crippen LogP contribution is -2.26. The van der Waals surface area contributed by atoms with Gasteiger partial charge < -0.3 is 19.1 Å². The molecule has 3 rings (SSSR count). The predicted molar refractivity (Wildman–Crippen MR) is 104 cm³/mol. The van der Waals surface area contributed by atoms with Crippen LogP contribution in [0.4, 0.5) is 0 Å². The lowest BCUT2D eigenvalue weighted by atomic mass is 9.98. The molecule has 0 spiro atoms. The smallest absolute Gasteiger partial charge is 0.258 e. The van der Waals surface area contributed by atoms with Crippen LogP contribution in [0, 0.1) is 0 Å². The summed E-state index contributed by atoms with van der Waals surface area (Å²) in [6, 6.07) is 11.8. The van der Waals surface area contributed by atoms with Crippen molar-refractivity contribution in [1.82, 2.24) is 4.90 Å². The fourth-order valence-electron chi connectivity index (χ4n) is 3.36. The molecule has 142 valence electrons. The molecule has 0 unspecified atom stereocenters. The number of hydrogen-bond acceptors (Lipinski definition) is 4. The van der Waals surface area contributed by atoms with Gasteiger partial charge in [-0.05, 0) is 41.3 Å². The van der Waals surface area contributed by atoms with Gasteiger partial charge in [-0.1, -0.05) is 36.4 Å². The summed E-state index contributed by atoms with van der Waals surface area (Å²) in [5, 5.41) is 0. The standard InChI is InChI=1S/C22H25NO4/c1-15(2)19-10-20(21(26-4)9-18(19)13-27-14-25-3)22(24)23-11-16-7-5-6-8-17(16)12-23/h5-10H,1,11-14H2,2-4H3. The largest absolute Gasteiger partial charge is 0.496 e. The maximum absolute atomic E-state index is 13.2. The number of amides is 1. The normalized spacial score (nSPS) is 12.8. The molecule has 0 N–H and O–H groups in total. The third-order valence-electron chi connectivity index (χ3n) is 4.70. The first-order valence-corrected chi connectivity index (χ1v) is 8.84. The third-order valence-corrected chi connectivity index (χ3v) is 4.70. The molecule has 1 heterocycles. The Morgan fingerprint density at radius 3 is 2.33 bits per heavy atom. The maximum Gasteiger partial charge on any atom is 0.258 e. The lowest BCUT2D eigenvalue weighted by Gasteiger charge is -2.20. The summed E-state index contributed by atoms with van der Waals surface area (Å²) < 4.78 is 16.0. The van der Waals surface area contributed by atoms with E-state index in [1.54, 1.807) is 14.2 Å². The molecule has 0 saturated carbocycles. The molecule has 0 atom stereocenters. The third kappa shape index (κ3) is 4.04. The van der Waals surface area contributed by atoms with Crippen molar-refractivity contribution >= 4 is 11.5 Å². The highest BCUT2D eigenvalue weighted by Gasteiger charge is 2.27. The first kappa shape index (κ1) is 19.1. The second kappa shape index (κ2) is 8.37. The highest BCUT2D eigenvalue weighted by molar-refractivity contribution is 5.98. The minimum absolute atomic E-state index is 0.0464. The number of rotatable bonds is 7. The van der Waals surface area contributed by atoms with Crippen LogP contribution in [0.5, 0.6) is 5.75 Å². The summed E-state index contributed by atoms with van der Waals surface area (Å²) in [5.74, 6) is 0.492. The molecule has 2 aromatic carbocycles.